The SMILES string of the molecule is Cc1cc(C)nc(C#C[Si](C)(C)C)n1. The molecule has 3 heteroatoms. The number of hydrogen-bond donors (Lipinski definition) is 0. The molecule has 0 saturated carbocycles. The Morgan fingerprint density at radius 3 is 2.00 bits per heavy atom. The lowest BCUT2D eigenvalue weighted by Crippen LogP contribution is -2.16. The Kier molecular flexibility index (Phi) is 3.07. The van der Waals surface area contributed by atoms with Crippen LogP contribution in [0.4, 0.5) is 0 Å². The lowest BCUT2D eigenvalue weighted by Gasteiger charge is -2.03. The van der Waals surface area contributed by atoms with Gasteiger partial charge in [0.1, 0.15) is 8.07 Å². The largest absolute Gasteiger partial charge is 0.226 e. The van der Waals surface area contributed by atoms with Crippen molar-refractivity contribution in [2.24, 2.45) is 0 Å². The maximum Gasteiger partial charge on any atom is 0.204 e. The summed E-state index contributed by atoms with van der Waals surface area (Å²) >= 11 is 0. The van der Waals surface area contributed by atoms with Crippen molar-refractivity contribution in [3.8, 4) is 11.5 Å². The van der Waals surface area contributed by atoms with Gasteiger partial charge in [-0.1, -0.05) is 19.6 Å². The molecule has 0 N–H and O–H groups in total. The second-order valence-electron chi connectivity index (χ2n) is 4.47. The smallest absolute Gasteiger partial charge is 0.204 e. The van der Waals surface area contributed by atoms with Crippen LogP contribution in [0.25, 0.3) is 0 Å². The summed E-state index contributed by atoms with van der Waals surface area (Å²) in [5, 5.41) is 0. The highest BCUT2D eigenvalue weighted by Gasteiger charge is 2.07. The summed E-state index contributed by atoms with van der Waals surface area (Å²) in [4.78, 5) is 8.55. The first kappa shape index (κ1) is 10.9. The zero-order chi connectivity index (χ0) is 10.8. The first-order chi connectivity index (χ1) is 6.37. The second-order valence-corrected chi connectivity index (χ2v) is 9.22. The van der Waals surface area contributed by atoms with Crippen LogP contribution in [0, 0.1) is 25.3 Å². The zero-order valence-electron chi connectivity index (χ0n) is 9.47. The Balaban J connectivity index is 3.02. The van der Waals surface area contributed by atoms with Gasteiger partial charge in [-0.05, 0) is 25.8 Å². The molecule has 0 aliphatic heterocycles. The highest BCUT2D eigenvalue weighted by molar-refractivity contribution is 6.83. The van der Waals surface area contributed by atoms with Crippen molar-refractivity contribution in [3.05, 3.63) is 23.3 Å². The van der Waals surface area contributed by atoms with E-state index in [1.54, 1.807) is 0 Å². The van der Waals surface area contributed by atoms with Crippen LogP contribution in [-0.4, -0.2) is 18.0 Å². The topological polar surface area (TPSA) is 25.8 Å². The standard InChI is InChI=1S/C11H16N2Si/c1-9-8-10(2)13-11(12-9)6-7-14(3,4)5/h8H,1-5H3. The molecule has 0 fully saturated rings. The third kappa shape index (κ3) is 3.71. The van der Waals surface area contributed by atoms with E-state index in [-0.39, 0.29) is 0 Å². The molecule has 0 atom stereocenters. The fourth-order valence-corrected chi connectivity index (χ4v) is 1.51. The van der Waals surface area contributed by atoms with Gasteiger partial charge < -0.3 is 0 Å². The highest BCUT2D eigenvalue weighted by Crippen LogP contribution is 2.00. The third-order valence-corrected chi connectivity index (χ3v) is 2.41. The molecular formula is C11H16N2Si. The molecule has 1 rings (SSSR count). The molecule has 0 aromatic carbocycles. The average Bonchev–Trinajstić information content (AvgIpc) is 1.97. The summed E-state index contributed by atoms with van der Waals surface area (Å²) in [7, 11) is -1.32. The molecule has 0 unspecified atom stereocenters. The molecular weight excluding hydrogens is 188 g/mol. The molecule has 2 nitrogen and oxygen atoms in total. The molecule has 0 saturated heterocycles. The van der Waals surface area contributed by atoms with Crippen molar-refractivity contribution in [2.75, 3.05) is 0 Å². The Hall–Kier alpha value is -1.14. The van der Waals surface area contributed by atoms with Gasteiger partial charge in [-0.2, -0.15) is 0 Å². The van der Waals surface area contributed by atoms with Gasteiger partial charge in [-0.25, -0.2) is 9.97 Å². The average molecular weight is 204 g/mol. The number of aryl methyl sites for hydroxylation is 2. The minimum Gasteiger partial charge on any atom is -0.226 e. The van der Waals surface area contributed by atoms with E-state index < -0.39 is 8.07 Å². The molecule has 0 amide bonds. The summed E-state index contributed by atoms with van der Waals surface area (Å²) in [5.74, 6) is 3.71. The van der Waals surface area contributed by atoms with E-state index in [0.717, 1.165) is 11.4 Å². The van der Waals surface area contributed by atoms with Crippen molar-refractivity contribution < 1.29 is 0 Å². The summed E-state index contributed by atoms with van der Waals surface area (Å²) in [6.07, 6.45) is 0. The van der Waals surface area contributed by atoms with E-state index >= 15 is 0 Å². The Bertz CT molecular complexity index is 374. The molecule has 0 spiro atoms. The lowest BCUT2D eigenvalue weighted by molar-refractivity contribution is 1.03. The van der Waals surface area contributed by atoms with Crippen LogP contribution in [-0.2, 0) is 0 Å². The summed E-state index contributed by atoms with van der Waals surface area (Å²) < 4.78 is 0. The molecule has 0 radical (unpaired) electrons. The van der Waals surface area contributed by atoms with Crippen LogP contribution >= 0.6 is 0 Å². The van der Waals surface area contributed by atoms with Crippen LogP contribution in [0.3, 0.4) is 0 Å². The predicted octanol–water partition coefficient (Wildman–Crippen LogP) is 2.32. The van der Waals surface area contributed by atoms with Gasteiger partial charge in [-0.3, -0.25) is 0 Å². The van der Waals surface area contributed by atoms with Crippen LogP contribution in [0.1, 0.15) is 17.2 Å². The van der Waals surface area contributed by atoms with Gasteiger partial charge in [0.2, 0.25) is 5.82 Å². The van der Waals surface area contributed by atoms with E-state index in [4.69, 9.17) is 0 Å². The van der Waals surface area contributed by atoms with E-state index in [9.17, 15) is 0 Å². The first-order valence-corrected chi connectivity index (χ1v) is 8.22. The third-order valence-electron chi connectivity index (χ3n) is 1.53. The van der Waals surface area contributed by atoms with E-state index in [1.165, 1.54) is 0 Å². The molecule has 1 aromatic heterocycles. The number of nitrogens with zero attached hydrogens (tertiary/aromatic N) is 2. The number of hydrogen-bond acceptors (Lipinski definition) is 2. The molecule has 74 valence electrons. The Morgan fingerprint density at radius 2 is 1.57 bits per heavy atom. The van der Waals surface area contributed by atoms with Gasteiger partial charge in [0.15, 0.2) is 0 Å². The van der Waals surface area contributed by atoms with Gasteiger partial charge in [-0.15, -0.1) is 5.54 Å². The molecule has 0 aliphatic carbocycles. The van der Waals surface area contributed by atoms with Crippen molar-refractivity contribution >= 4 is 8.07 Å². The fraction of sp³-hybridized carbons (Fsp3) is 0.455. The number of aromatic nitrogens is 2. The maximum atomic E-state index is 4.27. The Labute approximate surface area is 86.8 Å². The molecule has 14 heavy (non-hydrogen) atoms. The van der Waals surface area contributed by atoms with Gasteiger partial charge in [0.25, 0.3) is 0 Å². The molecule has 1 heterocycles. The normalized spacial score (nSPS) is 10.6. The van der Waals surface area contributed by atoms with Gasteiger partial charge >= 0.3 is 0 Å². The summed E-state index contributed by atoms with van der Waals surface area (Å²) in [5.41, 5.74) is 5.22. The van der Waals surface area contributed by atoms with Crippen molar-refractivity contribution in [3.63, 3.8) is 0 Å². The Morgan fingerprint density at radius 1 is 1.07 bits per heavy atom. The van der Waals surface area contributed by atoms with Gasteiger partial charge in [0.05, 0.1) is 0 Å². The van der Waals surface area contributed by atoms with E-state index in [2.05, 4.69) is 41.1 Å². The quantitative estimate of drug-likeness (QED) is 0.479. The summed E-state index contributed by atoms with van der Waals surface area (Å²) in [6, 6.07) is 1.96. The van der Waals surface area contributed by atoms with Crippen LogP contribution in [0.5, 0.6) is 0 Å². The van der Waals surface area contributed by atoms with Crippen molar-refractivity contribution in [1.82, 2.24) is 9.97 Å². The van der Waals surface area contributed by atoms with Crippen molar-refractivity contribution in [2.45, 2.75) is 33.5 Å². The maximum absolute atomic E-state index is 4.27. The summed E-state index contributed by atoms with van der Waals surface area (Å²) in [6.45, 7) is 10.6. The molecule has 0 bridgehead atoms. The van der Waals surface area contributed by atoms with Gasteiger partial charge in [0, 0.05) is 11.4 Å². The van der Waals surface area contributed by atoms with Crippen molar-refractivity contribution in [1.29, 1.82) is 0 Å². The fourth-order valence-electron chi connectivity index (χ4n) is 1.03. The molecule has 0 aliphatic rings. The van der Waals surface area contributed by atoms with E-state index in [0.29, 0.717) is 5.82 Å². The molecule has 1 aromatic rings. The lowest BCUT2D eigenvalue weighted by atomic mass is 10.3. The van der Waals surface area contributed by atoms with Crippen LogP contribution in [0.15, 0.2) is 6.07 Å². The number of rotatable bonds is 0. The minimum atomic E-state index is -1.32. The van der Waals surface area contributed by atoms with Crippen LogP contribution in [0.2, 0.25) is 19.6 Å². The first-order valence-electron chi connectivity index (χ1n) is 4.72. The van der Waals surface area contributed by atoms with E-state index in [1.807, 2.05) is 19.9 Å². The monoisotopic (exact) mass is 204 g/mol. The highest BCUT2D eigenvalue weighted by atomic mass is 28.3. The zero-order valence-corrected chi connectivity index (χ0v) is 10.5. The minimum absolute atomic E-state index is 0.657. The van der Waals surface area contributed by atoms with Crippen LogP contribution < -0.4 is 0 Å². The predicted molar refractivity (Wildman–Crippen MR) is 61.7 cm³/mol. The second kappa shape index (κ2) is 3.93.